The summed E-state index contributed by atoms with van der Waals surface area (Å²) in [6.07, 6.45) is 1.29. The van der Waals surface area contributed by atoms with Gasteiger partial charge in [-0.25, -0.2) is 10.2 Å². The number of nitrogens with two attached hydrogens (primary N) is 1. The van der Waals surface area contributed by atoms with Gasteiger partial charge in [0.2, 0.25) is 5.91 Å². The number of amides is 3. The van der Waals surface area contributed by atoms with Crippen LogP contribution < -0.4 is 25.9 Å². The van der Waals surface area contributed by atoms with Crippen LogP contribution in [0.1, 0.15) is 25.6 Å². The molecule has 0 saturated heterocycles. The SMILES string of the molecule is COc1cc(/C=N/NC(=O)C(=O)Nc2ccc(C(N)=O)cc2)ccc1OC(=O)c1cccs1. The number of carbonyl (C=O) groups excluding carboxylic acids is 4. The molecule has 1 aromatic heterocycles. The molecule has 0 bridgehead atoms. The molecule has 0 aliphatic rings. The van der Waals surface area contributed by atoms with E-state index in [1.54, 1.807) is 29.6 Å². The van der Waals surface area contributed by atoms with Gasteiger partial charge < -0.3 is 20.5 Å². The Kier molecular flexibility index (Phi) is 7.50. The maximum absolute atomic E-state index is 12.1. The van der Waals surface area contributed by atoms with Gasteiger partial charge in [-0.05, 0) is 59.5 Å². The van der Waals surface area contributed by atoms with Crippen LogP contribution in [-0.4, -0.2) is 37.0 Å². The maximum atomic E-state index is 12.1. The molecule has 0 saturated carbocycles. The number of carbonyl (C=O) groups is 4. The zero-order valence-electron chi connectivity index (χ0n) is 17.2. The second-order valence-electron chi connectivity index (χ2n) is 6.37. The minimum absolute atomic E-state index is 0.221. The lowest BCUT2D eigenvalue weighted by atomic mass is 10.2. The monoisotopic (exact) mass is 466 g/mol. The van der Waals surface area contributed by atoms with Crippen LogP contribution in [0.25, 0.3) is 0 Å². The number of anilines is 1. The highest BCUT2D eigenvalue weighted by Gasteiger charge is 2.15. The van der Waals surface area contributed by atoms with E-state index in [2.05, 4.69) is 15.8 Å². The van der Waals surface area contributed by atoms with Gasteiger partial charge in [-0.1, -0.05) is 6.07 Å². The molecule has 3 aromatic rings. The second-order valence-corrected chi connectivity index (χ2v) is 7.32. The van der Waals surface area contributed by atoms with Crippen molar-refractivity contribution in [3.8, 4) is 11.5 Å². The first kappa shape index (κ1) is 23.2. The highest BCUT2D eigenvalue weighted by Crippen LogP contribution is 2.28. The van der Waals surface area contributed by atoms with Crippen molar-refractivity contribution in [2.45, 2.75) is 0 Å². The molecule has 0 aliphatic carbocycles. The summed E-state index contributed by atoms with van der Waals surface area (Å²) < 4.78 is 10.6. The topological polar surface area (TPSA) is 149 Å². The number of nitrogens with zero attached hydrogens (tertiary/aromatic N) is 1. The molecule has 168 valence electrons. The van der Waals surface area contributed by atoms with Crippen LogP contribution in [0.15, 0.2) is 65.1 Å². The van der Waals surface area contributed by atoms with Crippen LogP contribution in [0.4, 0.5) is 5.69 Å². The average molecular weight is 466 g/mol. The number of nitrogens with one attached hydrogen (secondary N) is 2. The largest absolute Gasteiger partial charge is 0.493 e. The molecule has 33 heavy (non-hydrogen) atoms. The van der Waals surface area contributed by atoms with Crippen molar-refractivity contribution in [3.05, 3.63) is 76.0 Å². The van der Waals surface area contributed by atoms with Gasteiger partial charge in [0.05, 0.1) is 13.3 Å². The Hall–Kier alpha value is -4.51. The summed E-state index contributed by atoms with van der Waals surface area (Å²) in [5.74, 6) is -2.56. The van der Waals surface area contributed by atoms with Gasteiger partial charge in [0, 0.05) is 11.3 Å². The molecule has 0 fully saturated rings. The number of hydrazone groups is 1. The highest BCUT2D eigenvalue weighted by molar-refractivity contribution is 7.12. The Balaban J connectivity index is 1.57. The van der Waals surface area contributed by atoms with Gasteiger partial charge >= 0.3 is 17.8 Å². The number of hydrogen-bond acceptors (Lipinski definition) is 8. The standard InChI is InChI=1S/C22H18N4O6S/c1-31-17-11-13(4-9-16(17)32-22(30)18-3-2-10-33-18)12-24-26-21(29)20(28)25-15-7-5-14(6-8-15)19(23)27/h2-12H,1H3,(H2,23,27)(H,25,28)(H,26,29)/b24-12+. The third-order valence-electron chi connectivity index (χ3n) is 4.13. The first-order valence-electron chi connectivity index (χ1n) is 9.35. The van der Waals surface area contributed by atoms with E-state index in [-0.39, 0.29) is 17.1 Å². The number of benzene rings is 2. The van der Waals surface area contributed by atoms with E-state index in [0.717, 1.165) is 0 Å². The molecule has 4 N–H and O–H groups in total. The van der Waals surface area contributed by atoms with E-state index in [0.29, 0.717) is 16.1 Å². The first-order chi connectivity index (χ1) is 15.9. The molecule has 2 aromatic carbocycles. The number of ether oxygens (including phenoxy) is 2. The summed E-state index contributed by atoms with van der Waals surface area (Å²) in [4.78, 5) is 47.5. The van der Waals surface area contributed by atoms with E-state index in [1.165, 1.54) is 55.0 Å². The highest BCUT2D eigenvalue weighted by atomic mass is 32.1. The molecule has 0 atom stereocenters. The van der Waals surface area contributed by atoms with Gasteiger partial charge in [0.15, 0.2) is 11.5 Å². The predicted octanol–water partition coefficient (Wildman–Crippen LogP) is 2.16. The van der Waals surface area contributed by atoms with Gasteiger partial charge in [-0.2, -0.15) is 5.10 Å². The quantitative estimate of drug-likeness (QED) is 0.160. The Labute approximate surface area is 192 Å². The molecule has 0 unspecified atom stereocenters. The van der Waals surface area contributed by atoms with Crippen molar-refractivity contribution in [2.75, 3.05) is 12.4 Å². The molecular weight excluding hydrogens is 448 g/mol. The molecule has 3 amide bonds. The van der Waals surface area contributed by atoms with Crippen LogP contribution in [-0.2, 0) is 9.59 Å². The molecule has 11 heteroatoms. The van der Waals surface area contributed by atoms with Crippen molar-refractivity contribution in [3.63, 3.8) is 0 Å². The smallest absolute Gasteiger partial charge is 0.353 e. The Morgan fingerprint density at radius 2 is 1.76 bits per heavy atom. The van der Waals surface area contributed by atoms with Crippen LogP contribution in [0.3, 0.4) is 0 Å². The van der Waals surface area contributed by atoms with Gasteiger partial charge in [0.25, 0.3) is 0 Å². The average Bonchev–Trinajstić information content (AvgIpc) is 3.35. The molecule has 3 rings (SSSR count). The number of rotatable bonds is 7. The van der Waals surface area contributed by atoms with E-state index in [1.807, 2.05) is 0 Å². The van der Waals surface area contributed by atoms with Gasteiger partial charge in [-0.15, -0.1) is 11.3 Å². The molecular formula is C22H18N4O6S. The van der Waals surface area contributed by atoms with Crippen molar-refractivity contribution >= 4 is 46.9 Å². The van der Waals surface area contributed by atoms with E-state index in [4.69, 9.17) is 15.2 Å². The number of methoxy groups -OCH3 is 1. The molecule has 0 radical (unpaired) electrons. The lowest BCUT2D eigenvalue weighted by Gasteiger charge is -2.09. The summed E-state index contributed by atoms with van der Waals surface area (Å²) in [6.45, 7) is 0. The van der Waals surface area contributed by atoms with Gasteiger partial charge in [-0.3, -0.25) is 14.4 Å². The van der Waals surface area contributed by atoms with Crippen LogP contribution in [0.2, 0.25) is 0 Å². The Morgan fingerprint density at radius 1 is 1.00 bits per heavy atom. The molecule has 0 spiro atoms. The first-order valence-corrected chi connectivity index (χ1v) is 10.2. The summed E-state index contributed by atoms with van der Waals surface area (Å²) in [5.41, 5.74) is 8.35. The lowest BCUT2D eigenvalue weighted by molar-refractivity contribution is -0.136. The zero-order chi connectivity index (χ0) is 23.8. The van der Waals surface area contributed by atoms with Crippen LogP contribution >= 0.6 is 11.3 Å². The zero-order valence-corrected chi connectivity index (χ0v) is 18.0. The molecule has 10 nitrogen and oxygen atoms in total. The third-order valence-corrected chi connectivity index (χ3v) is 4.98. The van der Waals surface area contributed by atoms with E-state index < -0.39 is 23.7 Å². The number of thiophene rings is 1. The minimum Gasteiger partial charge on any atom is -0.493 e. The fourth-order valence-electron chi connectivity index (χ4n) is 2.52. The summed E-state index contributed by atoms with van der Waals surface area (Å²) in [6, 6.07) is 13.8. The number of hydrogen-bond donors (Lipinski definition) is 3. The van der Waals surface area contributed by atoms with Crippen molar-refractivity contribution < 1.29 is 28.7 Å². The van der Waals surface area contributed by atoms with Crippen molar-refractivity contribution in [1.29, 1.82) is 0 Å². The second kappa shape index (κ2) is 10.7. The Morgan fingerprint density at radius 3 is 2.39 bits per heavy atom. The fraction of sp³-hybridized carbons (Fsp3) is 0.0455. The summed E-state index contributed by atoms with van der Waals surface area (Å²) in [5, 5.41) is 7.87. The molecule has 1 heterocycles. The van der Waals surface area contributed by atoms with Crippen LogP contribution in [0.5, 0.6) is 11.5 Å². The van der Waals surface area contributed by atoms with E-state index >= 15 is 0 Å². The maximum Gasteiger partial charge on any atom is 0.353 e. The van der Waals surface area contributed by atoms with Crippen molar-refractivity contribution in [2.24, 2.45) is 10.8 Å². The Bertz CT molecular complexity index is 1210. The number of primary amides is 1. The number of esters is 1. The lowest BCUT2D eigenvalue weighted by Crippen LogP contribution is -2.32. The summed E-state index contributed by atoms with van der Waals surface area (Å²) >= 11 is 1.26. The van der Waals surface area contributed by atoms with Crippen molar-refractivity contribution in [1.82, 2.24) is 5.43 Å². The minimum atomic E-state index is -1.00. The fourth-order valence-corrected chi connectivity index (χ4v) is 3.11. The third kappa shape index (κ3) is 6.24. The summed E-state index contributed by atoms with van der Waals surface area (Å²) in [7, 11) is 1.42. The normalized spacial score (nSPS) is 10.5. The van der Waals surface area contributed by atoms with Gasteiger partial charge in [0.1, 0.15) is 4.88 Å². The van der Waals surface area contributed by atoms with Crippen LogP contribution in [0, 0.1) is 0 Å². The van der Waals surface area contributed by atoms with E-state index in [9.17, 15) is 19.2 Å². The molecule has 0 aliphatic heterocycles. The predicted molar refractivity (Wildman–Crippen MR) is 122 cm³/mol.